The van der Waals surface area contributed by atoms with Crippen molar-refractivity contribution in [1.82, 2.24) is 0 Å². The van der Waals surface area contributed by atoms with Crippen molar-refractivity contribution in [3.05, 3.63) is 24.3 Å². The molecule has 0 saturated carbocycles. The van der Waals surface area contributed by atoms with Crippen LogP contribution in [0, 0.1) is 0 Å². The average molecular weight is 323 g/mol. The summed E-state index contributed by atoms with van der Waals surface area (Å²) in [5.41, 5.74) is 0.736. The van der Waals surface area contributed by atoms with Crippen molar-refractivity contribution in [2.24, 2.45) is 0 Å². The maximum Gasteiger partial charge on any atom is 0.248 e. The van der Waals surface area contributed by atoms with Crippen LogP contribution in [0.3, 0.4) is 0 Å². The van der Waals surface area contributed by atoms with Gasteiger partial charge in [0.15, 0.2) is 0 Å². The zero-order valence-electron chi connectivity index (χ0n) is 7.46. The molecule has 1 rings (SSSR count). The first-order chi connectivity index (χ1) is 6.63. The minimum Gasteiger partial charge on any atom is -0.497 e. The number of hydrogen-bond acceptors (Lipinski definition) is 2. The second-order valence-electron chi connectivity index (χ2n) is 2.52. The molecule has 1 amide bonds. The minimum atomic E-state index is -0.378. The number of ether oxygens (including phenoxy) is 1. The Morgan fingerprint density at radius 2 is 1.93 bits per heavy atom. The van der Waals surface area contributed by atoms with E-state index in [1.54, 1.807) is 31.4 Å². The maximum absolute atomic E-state index is 11.2. The van der Waals surface area contributed by atoms with Crippen molar-refractivity contribution < 1.29 is 9.53 Å². The Morgan fingerprint density at radius 1 is 1.36 bits per heavy atom. The number of carbonyl (C=O) groups excluding carboxylic acids is 1. The van der Waals surface area contributed by atoms with Crippen LogP contribution in [0.4, 0.5) is 5.69 Å². The molecule has 0 fully saturated rings. The van der Waals surface area contributed by atoms with E-state index in [0.717, 1.165) is 11.4 Å². The fourth-order valence-electron chi connectivity index (χ4n) is 0.871. The number of halogens is 2. The van der Waals surface area contributed by atoms with E-state index in [2.05, 4.69) is 37.2 Å². The zero-order valence-corrected chi connectivity index (χ0v) is 10.6. The lowest BCUT2D eigenvalue weighted by Gasteiger charge is -2.06. The molecule has 3 nitrogen and oxygen atoms in total. The Hall–Kier alpha value is -0.550. The van der Waals surface area contributed by atoms with Crippen LogP contribution in [0.5, 0.6) is 5.75 Å². The quantitative estimate of drug-likeness (QED) is 0.869. The number of nitrogens with one attached hydrogen (secondary N) is 1. The van der Waals surface area contributed by atoms with Crippen LogP contribution < -0.4 is 10.1 Å². The fraction of sp³-hybridized carbons (Fsp3) is 0.222. The first-order valence-electron chi connectivity index (χ1n) is 3.86. The van der Waals surface area contributed by atoms with Crippen molar-refractivity contribution in [2.45, 2.75) is 3.74 Å². The Labute approximate surface area is 99.1 Å². The van der Waals surface area contributed by atoms with E-state index >= 15 is 0 Å². The third-order valence-corrected chi connectivity index (χ3v) is 2.39. The number of hydrogen-bond donors (Lipinski definition) is 1. The number of anilines is 1. The van der Waals surface area contributed by atoms with Gasteiger partial charge in [-0.3, -0.25) is 4.79 Å². The highest BCUT2D eigenvalue weighted by atomic mass is 79.9. The van der Waals surface area contributed by atoms with Crippen molar-refractivity contribution >= 4 is 43.5 Å². The molecule has 0 atom stereocenters. The van der Waals surface area contributed by atoms with Gasteiger partial charge in [0.1, 0.15) is 9.49 Å². The lowest BCUT2D eigenvalue weighted by Crippen LogP contribution is -2.17. The molecule has 1 N–H and O–H groups in total. The SMILES string of the molecule is COc1ccc(NC(=O)C(Br)Br)cc1. The second kappa shape index (κ2) is 5.36. The summed E-state index contributed by atoms with van der Waals surface area (Å²) in [4.78, 5) is 11.2. The Balaban J connectivity index is 2.64. The second-order valence-corrected chi connectivity index (χ2v) is 5.58. The van der Waals surface area contributed by atoms with Crippen LogP contribution in [0.25, 0.3) is 0 Å². The number of benzene rings is 1. The molecule has 76 valence electrons. The molecule has 0 aromatic heterocycles. The first kappa shape index (κ1) is 11.5. The van der Waals surface area contributed by atoms with Gasteiger partial charge in [-0.25, -0.2) is 0 Å². The average Bonchev–Trinajstić information content (AvgIpc) is 2.19. The van der Waals surface area contributed by atoms with Gasteiger partial charge in [-0.15, -0.1) is 0 Å². The van der Waals surface area contributed by atoms with E-state index in [1.165, 1.54) is 0 Å². The van der Waals surface area contributed by atoms with Gasteiger partial charge in [0, 0.05) is 5.69 Å². The van der Waals surface area contributed by atoms with Crippen LogP contribution in [0.15, 0.2) is 24.3 Å². The molecular weight excluding hydrogens is 314 g/mol. The summed E-state index contributed by atoms with van der Waals surface area (Å²) in [6.45, 7) is 0. The molecule has 0 saturated heterocycles. The van der Waals surface area contributed by atoms with E-state index in [-0.39, 0.29) is 9.64 Å². The van der Waals surface area contributed by atoms with Crippen molar-refractivity contribution in [2.75, 3.05) is 12.4 Å². The van der Waals surface area contributed by atoms with Gasteiger partial charge < -0.3 is 10.1 Å². The molecule has 0 radical (unpaired) electrons. The summed E-state index contributed by atoms with van der Waals surface area (Å²) in [6, 6.07) is 7.12. The number of alkyl halides is 2. The highest BCUT2D eigenvalue weighted by Crippen LogP contribution is 2.17. The van der Waals surface area contributed by atoms with Crippen LogP contribution in [0.1, 0.15) is 0 Å². The number of rotatable bonds is 3. The smallest absolute Gasteiger partial charge is 0.248 e. The molecule has 0 aliphatic heterocycles. The third-order valence-electron chi connectivity index (χ3n) is 1.56. The standard InChI is InChI=1S/C9H9Br2NO2/c1-14-7-4-2-6(3-5-7)12-9(13)8(10)11/h2-5,8H,1H3,(H,12,13). The predicted molar refractivity (Wildman–Crippen MR) is 63.3 cm³/mol. The van der Waals surface area contributed by atoms with E-state index in [4.69, 9.17) is 4.74 Å². The van der Waals surface area contributed by atoms with Crippen LogP contribution >= 0.6 is 31.9 Å². The highest BCUT2D eigenvalue weighted by Gasteiger charge is 2.09. The predicted octanol–water partition coefficient (Wildman–Crippen LogP) is 2.75. The number of carbonyl (C=O) groups is 1. The minimum absolute atomic E-state index is 0.143. The Bertz CT molecular complexity index is 311. The molecular formula is C9H9Br2NO2. The molecule has 1 aromatic rings. The first-order valence-corrected chi connectivity index (χ1v) is 5.69. The molecule has 1 aromatic carbocycles. The summed E-state index contributed by atoms with van der Waals surface area (Å²) < 4.78 is 4.61. The summed E-state index contributed by atoms with van der Waals surface area (Å²) in [6.07, 6.45) is 0. The Morgan fingerprint density at radius 3 is 2.36 bits per heavy atom. The zero-order chi connectivity index (χ0) is 10.6. The largest absolute Gasteiger partial charge is 0.497 e. The summed E-state index contributed by atoms with van der Waals surface area (Å²) in [5.74, 6) is 0.618. The van der Waals surface area contributed by atoms with Crippen molar-refractivity contribution in [3.8, 4) is 5.75 Å². The van der Waals surface area contributed by atoms with Gasteiger partial charge in [-0.2, -0.15) is 0 Å². The van der Waals surface area contributed by atoms with Gasteiger partial charge in [0.2, 0.25) is 5.91 Å². The van der Waals surface area contributed by atoms with Crippen LogP contribution in [-0.4, -0.2) is 16.8 Å². The number of amides is 1. The summed E-state index contributed by atoms with van der Waals surface area (Å²) >= 11 is 6.21. The van der Waals surface area contributed by atoms with Gasteiger partial charge in [0.25, 0.3) is 0 Å². The summed E-state index contributed by atoms with van der Waals surface area (Å²) in [5, 5.41) is 2.70. The third kappa shape index (κ3) is 3.31. The topological polar surface area (TPSA) is 38.3 Å². The fourth-order valence-corrected chi connectivity index (χ4v) is 1.10. The monoisotopic (exact) mass is 321 g/mol. The normalized spacial score (nSPS) is 10.0. The molecule has 0 heterocycles. The van der Waals surface area contributed by atoms with E-state index in [1.807, 2.05) is 0 Å². The van der Waals surface area contributed by atoms with Gasteiger partial charge in [-0.05, 0) is 24.3 Å². The van der Waals surface area contributed by atoms with Crippen LogP contribution in [-0.2, 0) is 4.79 Å². The van der Waals surface area contributed by atoms with Gasteiger partial charge in [0.05, 0.1) is 7.11 Å². The molecule has 0 aliphatic carbocycles. The van der Waals surface area contributed by atoms with E-state index in [0.29, 0.717) is 0 Å². The van der Waals surface area contributed by atoms with E-state index < -0.39 is 0 Å². The highest BCUT2D eigenvalue weighted by molar-refractivity contribution is 9.25. The lowest BCUT2D eigenvalue weighted by atomic mass is 10.3. The molecule has 0 aliphatic rings. The van der Waals surface area contributed by atoms with E-state index in [9.17, 15) is 4.79 Å². The Kier molecular flexibility index (Phi) is 4.41. The van der Waals surface area contributed by atoms with Crippen LogP contribution in [0.2, 0.25) is 0 Å². The lowest BCUT2D eigenvalue weighted by molar-refractivity contribution is -0.114. The van der Waals surface area contributed by atoms with Crippen molar-refractivity contribution in [3.63, 3.8) is 0 Å². The maximum atomic E-state index is 11.2. The van der Waals surface area contributed by atoms with Gasteiger partial charge in [-0.1, -0.05) is 31.9 Å². The molecule has 14 heavy (non-hydrogen) atoms. The molecule has 0 bridgehead atoms. The number of methoxy groups -OCH3 is 1. The molecule has 5 heteroatoms. The van der Waals surface area contributed by atoms with Gasteiger partial charge >= 0.3 is 0 Å². The summed E-state index contributed by atoms with van der Waals surface area (Å²) in [7, 11) is 1.60. The molecule has 0 unspecified atom stereocenters. The molecule has 0 spiro atoms. The van der Waals surface area contributed by atoms with Crippen molar-refractivity contribution in [1.29, 1.82) is 0 Å².